The van der Waals surface area contributed by atoms with Crippen molar-refractivity contribution in [2.75, 3.05) is 4.72 Å². The smallest absolute Gasteiger partial charge is 0.235 e. The van der Waals surface area contributed by atoms with Crippen LogP contribution in [0.25, 0.3) is 16.9 Å². The number of nitrogens with one attached hydrogen (secondary N) is 1. The number of benzene rings is 1. The van der Waals surface area contributed by atoms with Crippen LogP contribution in [0.1, 0.15) is 18.4 Å². The van der Waals surface area contributed by atoms with Crippen molar-refractivity contribution in [1.29, 1.82) is 0 Å². The predicted molar refractivity (Wildman–Crippen MR) is 90.9 cm³/mol. The van der Waals surface area contributed by atoms with Gasteiger partial charge < -0.3 is 4.40 Å². The molecule has 0 amide bonds. The van der Waals surface area contributed by atoms with E-state index in [9.17, 15) is 8.42 Å². The molecule has 1 fully saturated rings. The third-order valence-electron chi connectivity index (χ3n) is 4.10. The van der Waals surface area contributed by atoms with Gasteiger partial charge in [0, 0.05) is 18.0 Å². The molecule has 1 aliphatic rings. The Morgan fingerprint density at radius 1 is 1.17 bits per heavy atom. The Morgan fingerprint density at radius 3 is 2.70 bits per heavy atom. The van der Waals surface area contributed by atoms with Crippen molar-refractivity contribution >= 4 is 21.4 Å². The molecule has 1 N–H and O–H groups in total. The maximum absolute atomic E-state index is 12.2. The Morgan fingerprint density at radius 2 is 1.96 bits per heavy atom. The second-order valence-electron chi connectivity index (χ2n) is 5.94. The number of hydrogen-bond acceptors (Lipinski definition) is 3. The number of sulfonamides is 1. The highest BCUT2D eigenvalue weighted by Crippen LogP contribution is 2.33. The summed E-state index contributed by atoms with van der Waals surface area (Å²) in [6.45, 7) is 2.01. The minimum atomic E-state index is -3.29. The van der Waals surface area contributed by atoms with E-state index in [4.69, 9.17) is 0 Å². The third kappa shape index (κ3) is 2.59. The molecule has 0 bridgehead atoms. The second kappa shape index (κ2) is 5.09. The number of anilines is 1. The van der Waals surface area contributed by atoms with E-state index < -0.39 is 10.0 Å². The van der Waals surface area contributed by atoms with Crippen molar-refractivity contribution in [3.8, 4) is 11.3 Å². The van der Waals surface area contributed by atoms with Crippen LogP contribution in [0.2, 0.25) is 0 Å². The Balaban J connectivity index is 1.80. The summed E-state index contributed by atoms with van der Waals surface area (Å²) in [6.07, 6.45) is 5.35. The van der Waals surface area contributed by atoms with Crippen LogP contribution >= 0.6 is 0 Å². The molecular formula is C17H17N3O2S. The maximum Gasteiger partial charge on any atom is 0.235 e. The second-order valence-corrected chi connectivity index (χ2v) is 7.90. The summed E-state index contributed by atoms with van der Waals surface area (Å²) in [6, 6.07) is 11.4. The summed E-state index contributed by atoms with van der Waals surface area (Å²) in [4.78, 5) is 4.66. The first-order chi connectivity index (χ1) is 11.0. The van der Waals surface area contributed by atoms with Crippen LogP contribution < -0.4 is 4.72 Å². The van der Waals surface area contributed by atoms with E-state index >= 15 is 0 Å². The Bertz CT molecular complexity index is 988. The average Bonchev–Trinajstić information content (AvgIpc) is 3.29. The highest BCUT2D eigenvalue weighted by Gasteiger charge is 2.36. The molecular weight excluding hydrogens is 310 g/mol. The number of aromatic nitrogens is 2. The minimum Gasteiger partial charge on any atom is -0.306 e. The van der Waals surface area contributed by atoms with Crippen LogP contribution in [0.3, 0.4) is 0 Å². The molecule has 23 heavy (non-hydrogen) atoms. The van der Waals surface area contributed by atoms with Gasteiger partial charge in [-0.2, -0.15) is 0 Å². The number of hydrogen-bond donors (Lipinski definition) is 1. The summed E-state index contributed by atoms with van der Waals surface area (Å²) in [7, 11) is -3.29. The van der Waals surface area contributed by atoms with Gasteiger partial charge in [0.05, 0.1) is 16.6 Å². The van der Waals surface area contributed by atoms with Gasteiger partial charge >= 0.3 is 0 Å². The third-order valence-corrected chi connectivity index (χ3v) is 5.95. The van der Waals surface area contributed by atoms with Crippen LogP contribution in [-0.4, -0.2) is 23.1 Å². The standard InChI is InChI=1S/C17H17N3O2S/c1-12-5-4-10-20-11-16(18-17(12)20)14-6-2-3-7-15(14)19-23(21,22)13-8-9-13/h2-7,10-11,13,19H,8-9H2,1H3. The van der Waals surface area contributed by atoms with E-state index in [0.29, 0.717) is 5.69 Å². The maximum atomic E-state index is 12.2. The molecule has 0 atom stereocenters. The van der Waals surface area contributed by atoms with Gasteiger partial charge in [-0.05, 0) is 37.5 Å². The van der Waals surface area contributed by atoms with E-state index in [1.807, 2.05) is 54.0 Å². The fourth-order valence-corrected chi connectivity index (χ4v) is 4.10. The molecule has 4 rings (SSSR count). The summed E-state index contributed by atoms with van der Waals surface area (Å²) in [5.74, 6) is 0. The zero-order valence-electron chi connectivity index (χ0n) is 12.7. The van der Waals surface area contributed by atoms with Gasteiger partial charge in [0.15, 0.2) is 0 Å². The minimum absolute atomic E-state index is 0.251. The molecule has 0 spiro atoms. The van der Waals surface area contributed by atoms with Gasteiger partial charge in [-0.25, -0.2) is 13.4 Å². The van der Waals surface area contributed by atoms with E-state index in [1.165, 1.54) is 0 Å². The number of pyridine rings is 1. The fourth-order valence-electron chi connectivity index (χ4n) is 2.69. The molecule has 2 heterocycles. The molecule has 5 nitrogen and oxygen atoms in total. The van der Waals surface area contributed by atoms with Crippen LogP contribution in [-0.2, 0) is 10.0 Å². The van der Waals surface area contributed by atoms with Gasteiger partial charge in [-0.1, -0.05) is 24.3 Å². The molecule has 0 aliphatic heterocycles. The van der Waals surface area contributed by atoms with Crippen molar-refractivity contribution in [3.63, 3.8) is 0 Å². The first kappa shape index (κ1) is 14.3. The van der Waals surface area contributed by atoms with Crippen LogP contribution in [0.15, 0.2) is 48.8 Å². The Hall–Kier alpha value is -2.34. The summed E-state index contributed by atoms with van der Waals surface area (Å²) in [5, 5.41) is -0.251. The molecule has 0 unspecified atom stereocenters. The number of rotatable bonds is 4. The van der Waals surface area contributed by atoms with Gasteiger partial charge in [-0.3, -0.25) is 4.72 Å². The number of para-hydroxylation sites is 1. The first-order valence-corrected chi connectivity index (χ1v) is 9.14. The van der Waals surface area contributed by atoms with E-state index in [2.05, 4.69) is 9.71 Å². The van der Waals surface area contributed by atoms with E-state index in [1.54, 1.807) is 6.07 Å². The quantitative estimate of drug-likeness (QED) is 0.800. The Labute approximate surface area is 135 Å². The molecule has 1 aliphatic carbocycles. The van der Waals surface area contributed by atoms with E-state index in [0.717, 1.165) is 35.3 Å². The molecule has 6 heteroatoms. The zero-order valence-corrected chi connectivity index (χ0v) is 13.5. The molecule has 1 aromatic carbocycles. The van der Waals surface area contributed by atoms with Crippen LogP contribution in [0, 0.1) is 6.92 Å². The average molecular weight is 327 g/mol. The lowest BCUT2D eigenvalue weighted by Gasteiger charge is -2.10. The highest BCUT2D eigenvalue weighted by molar-refractivity contribution is 7.93. The van der Waals surface area contributed by atoms with Gasteiger partial charge in [0.1, 0.15) is 5.65 Å². The molecule has 118 valence electrons. The summed E-state index contributed by atoms with van der Waals surface area (Å²) < 4.78 is 29.2. The lowest BCUT2D eigenvalue weighted by atomic mass is 10.1. The molecule has 0 radical (unpaired) electrons. The Kier molecular flexibility index (Phi) is 3.16. The molecule has 1 saturated carbocycles. The number of fused-ring (bicyclic) bond motifs is 1. The zero-order chi connectivity index (χ0) is 16.0. The predicted octanol–water partition coefficient (Wildman–Crippen LogP) is 3.21. The monoisotopic (exact) mass is 327 g/mol. The largest absolute Gasteiger partial charge is 0.306 e. The topological polar surface area (TPSA) is 63.5 Å². The van der Waals surface area contributed by atoms with Crippen molar-refractivity contribution in [2.24, 2.45) is 0 Å². The summed E-state index contributed by atoms with van der Waals surface area (Å²) in [5.41, 5.74) is 4.09. The van der Waals surface area contributed by atoms with Crippen molar-refractivity contribution in [3.05, 3.63) is 54.4 Å². The molecule has 2 aromatic heterocycles. The number of aryl methyl sites for hydroxylation is 1. The normalized spacial score (nSPS) is 15.0. The van der Waals surface area contributed by atoms with Gasteiger partial charge in [-0.15, -0.1) is 0 Å². The number of nitrogens with zero attached hydrogens (tertiary/aromatic N) is 2. The molecule has 3 aromatic rings. The van der Waals surface area contributed by atoms with Crippen LogP contribution in [0.5, 0.6) is 0 Å². The van der Waals surface area contributed by atoms with Gasteiger partial charge in [0.2, 0.25) is 10.0 Å². The highest BCUT2D eigenvalue weighted by atomic mass is 32.2. The van der Waals surface area contributed by atoms with Crippen LogP contribution in [0.4, 0.5) is 5.69 Å². The van der Waals surface area contributed by atoms with Crippen molar-refractivity contribution in [2.45, 2.75) is 25.0 Å². The first-order valence-electron chi connectivity index (χ1n) is 7.60. The summed E-state index contributed by atoms with van der Waals surface area (Å²) >= 11 is 0. The lowest BCUT2D eigenvalue weighted by molar-refractivity contribution is 0.600. The SMILES string of the molecule is Cc1cccn2cc(-c3ccccc3NS(=O)(=O)C3CC3)nc12. The van der Waals surface area contributed by atoms with Crippen molar-refractivity contribution in [1.82, 2.24) is 9.38 Å². The molecule has 0 saturated heterocycles. The van der Waals surface area contributed by atoms with Gasteiger partial charge in [0.25, 0.3) is 0 Å². The van der Waals surface area contributed by atoms with E-state index in [-0.39, 0.29) is 5.25 Å². The number of imidazole rings is 1. The van der Waals surface area contributed by atoms with Crippen molar-refractivity contribution < 1.29 is 8.42 Å². The lowest BCUT2D eigenvalue weighted by Crippen LogP contribution is -2.17. The fraction of sp³-hybridized carbons (Fsp3) is 0.235.